The summed E-state index contributed by atoms with van der Waals surface area (Å²) in [6, 6.07) is 5.50. The van der Waals surface area contributed by atoms with E-state index in [4.69, 9.17) is 4.74 Å². The molecule has 29 heavy (non-hydrogen) atoms. The molecule has 154 valence electrons. The van der Waals surface area contributed by atoms with Crippen LogP contribution in [0, 0.1) is 25.7 Å². The normalized spacial score (nSPS) is 26.3. The third kappa shape index (κ3) is 4.07. The first-order valence-corrected chi connectivity index (χ1v) is 10.9. The molecule has 0 aromatic carbocycles. The lowest BCUT2D eigenvalue weighted by Crippen LogP contribution is -2.42. The molecule has 1 aliphatic carbocycles. The van der Waals surface area contributed by atoms with Gasteiger partial charge in [-0.2, -0.15) is 0 Å². The van der Waals surface area contributed by atoms with Gasteiger partial charge in [-0.15, -0.1) is 11.3 Å². The number of aliphatic hydroxyl groups is 1. The van der Waals surface area contributed by atoms with Crippen molar-refractivity contribution in [2.24, 2.45) is 11.8 Å². The Hall–Kier alpha value is -2.25. The van der Waals surface area contributed by atoms with Gasteiger partial charge in [0.25, 0.3) is 5.91 Å². The number of carbonyl (C=O) groups excluding carboxylic acids is 2. The minimum atomic E-state index is -0.558. The number of aryl methyl sites for hydroxylation is 2. The number of hydrogen-bond acceptors (Lipinski definition) is 6. The zero-order valence-electron chi connectivity index (χ0n) is 16.9. The van der Waals surface area contributed by atoms with Gasteiger partial charge < -0.3 is 14.7 Å². The van der Waals surface area contributed by atoms with Crippen LogP contribution in [-0.2, 0) is 0 Å². The molecule has 2 aromatic heterocycles. The molecule has 2 fully saturated rings. The van der Waals surface area contributed by atoms with E-state index in [0.717, 1.165) is 11.4 Å². The SMILES string of the molecule is CC(=O)c1cc(C(=O)N2C[C@H]3C[C@@H](Oc4ccc(C)nc4C)[C@H](O)C[C@H]3C2)cs1. The highest BCUT2D eigenvalue weighted by atomic mass is 32.1. The first kappa shape index (κ1) is 20.0. The standard InChI is InChI=1S/C22H26N2O4S/c1-12-4-5-19(13(2)23-12)28-20-7-16-10-24(9-15(16)6-18(20)26)22(27)17-8-21(14(3)25)29-11-17/h4-5,8,11,15-16,18,20,26H,6-7,9-10H2,1-3H3/t15-,16+,18+,20+/m0/s1. The van der Waals surface area contributed by atoms with Gasteiger partial charge in [0.15, 0.2) is 5.78 Å². The van der Waals surface area contributed by atoms with Gasteiger partial charge in [-0.3, -0.25) is 14.6 Å². The van der Waals surface area contributed by atoms with Crippen LogP contribution in [0.4, 0.5) is 0 Å². The number of hydrogen-bond donors (Lipinski definition) is 1. The largest absolute Gasteiger partial charge is 0.486 e. The van der Waals surface area contributed by atoms with Crippen molar-refractivity contribution in [1.82, 2.24) is 9.88 Å². The third-order valence-corrected chi connectivity index (χ3v) is 7.05. The summed E-state index contributed by atoms with van der Waals surface area (Å²) in [4.78, 5) is 31.3. The molecule has 1 aliphatic heterocycles. The highest BCUT2D eigenvalue weighted by Crippen LogP contribution is 2.39. The quantitative estimate of drug-likeness (QED) is 0.777. The van der Waals surface area contributed by atoms with E-state index in [1.807, 2.05) is 30.9 Å². The Balaban J connectivity index is 1.43. The fraction of sp³-hybridized carbons (Fsp3) is 0.500. The van der Waals surface area contributed by atoms with E-state index >= 15 is 0 Å². The summed E-state index contributed by atoms with van der Waals surface area (Å²) in [5, 5.41) is 12.4. The Morgan fingerprint density at radius 1 is 1.21 bits per heavy atom. The van der Waals surface area contributed by atoms with Crippen molar-refractivity contribution in [2.45, 2.75) is 45.8 Å². The van der Waals surface area contributed by atoms with Gasteiger partial charge >= 0.3 is 0 Å². The summed E-state index contributed by atoms with van der Waals surface area (Å²) in [6.45, 7) is 6.66. The number of pyridine rings is 1. The van der Waals surface area contributed by atoms with Crippen LogP contribution in [-0.4, -0.2) is 52.0 Å². The van der Waals surface area contributed by atoms with Gasteiger partial charge in [-0.1, -0.05) is 0 Å². The fourth-order valence-electron chi connectivity index (χ4n) is 4.46. The number of carbonyl (C=O) groups is 2. The maximum Gasteiger partial charge on any atom is 0.254 e. The van der Waals surface area contributed by atoms with Crippen molar-refractivity contribution in [3.63, 3.8) is 0 Å². The van der Waals surface area contributed by atoms with E-state index in [0.29, 0.717) is 48.0 Å². The summed E-state index contributed by atoms with van der Waals surface area (Å²) in [6.07, 6.45) is 0.489. The minimum Gasteiger partial charge on any atom is -0.486 e. The lowest BCUT2D eigenvalue weighted by atomic mass is 9.78. The predicted octanol–water partition coefficient (Wildman–Crippen LogP) is 3.25. The molecule has 0 radical (unpaired) electrons. The van der Waals surface area contributed by atoms with Crippen molar-refractivity contribution in [2.75, 3.05) is 13.1 Å². The molecule has 0 bridgehead atoms. The van der Waals surface area contributed by atoms with Crippen LogP contribution >= 0.6 is 11.3 Å². The van der Waals surface area contributed by atoms with Crippen LogP contribution < -0.4 is 4.74 Å². The second kappa shape index (κ2) is 7.88. The van der Waals surface area contributed by atoms with E-state index < -0.39 is 6.10 Å². The number of thiophene rings is 1. The highest BCUT2D eigenvalue weighted by Gasteiger charge is 2.44. The lowest BCUT2D eigenvalue weighted by Gasteiger charge is -2.35. The number of rotatable bonds is 4. The van der Waals surface area contributed by atoms with Gasteiger partial charge in [-0.05, 0) is 63.6 Å². The number of aromatic nitrogens is 1. The molecule has 7 heteroatoms. The Bertz CT molecular complexity index is 941. The number of amides is 1. The van der Waals surface area contributed by atoms with E-state index in [2.05, 4.69) is 4.98 Å². The molecule has 4 rings (SSSR count). The molecule has 1 amide bonds. The first-order valence-electron chi connectivity index (χ1n) is 9.99. The van der Waals surface area contributed by atoms with Crippen LogP contribution in [0.5, 0.6) is 5.75 Å². The maximum atomic E-state index is 12.9. The van der Waals surface area contributed by atoms with Crippen molar-refractivity contribution in [3.05, 3.63) is 45.4 Å². The lowest BCUT2D eigenvalue weighted by molar-refractivity contribution is -0.0236. The smallest absolute Gasteiger partial charge is 0.254 e. The third-order valence-electron chi connectivity index (χ3n) is 6.02. The average molecular weight is 415 g/mol. The minimum absolute atomic E-state index is 0.0202. The molecule has 2 aromatic rings. The molecular formula is C22H26N2O4S. The van der Waals surface area contributed by atoms with Crippen molar-refractivity contribution >= 4 is 23.0 Å². The number of nitrogens with zero attached hydrogens (tertiary/aromatic N) is 2. The molecule has 0 unspecified atom stereocenters. The van der Waals surface area contributed by atoms with E-state index in [1.54, 1.807) is 11.4 Å². The molecule has 1 saturated heterocycles. The summed E-state index contributed by atoms with van der Waals surface area (Å²) in [5.74, 6) is 1.23. The van der Waals surface area contributed by atoms with Gasteiger partial charge in [-0.25, -0.2) is 0 Å². The van der Waals surface area contributed by atoms with Gasteiger partial charge in [0.2, 0.25) is 0 Å². The summed E-state index contributed by atoms with van der Waals surface area (Å²) in [7, 11) is 0. The number of fused-ring (bicyclic) bond motifs is 1. The van der Waals surface area contributed by atoms with E-state index in [1.165, 1.54) is 18.3 Å². The van der Waals surface area contributed by atoms with Crippen LogP contribution in [0.2, 0.25) is 0 Å². The number of ketones is 1. The molecule has 6 nitrogen and oxygen atoms in total. The topological polar surface area (TPSA) is 79.7 Å². The van der Waals surface area contributed by atoms with Gasteiger partial charge in [0.05, 0.1) is 22.2 Å². The number of Topliss-reactive ketones (excluding diaryl/α,β-unsaturated/α-hetero) is 1. The van der Waals surface area contributed by atoms with Gasteiger partial charge in [0.1, 0.15) is 11.9 Å². The summed E-state index contributed by atoms with van der Waals surface area (Å²) in [5.41, 5.74) is 2.33. The van der Waals surface area contributed by atoms with Crippen LogP contribution in [0.3, 0.4) is 0 Å². The number of aliphatic hydroxyl groups excluding tert-OH is 1. The summed E-state index contributed by atoms with van der Waals surface area (Å²) < 4.78 is 6.12. The predicted molar refractivity (Wildman–Crippen MR) is 111 cm³/mol. The Kier molecular flexibility index (Phi) is 5.44. The Labute approximate surface area is 174 Å². The Morgan fingerprint density at radius 2 is 1.93 bits per heavy atom. The second-order valence-electron chi connectivity index (χ2n) is 8.22. The van der Waals surface area contributed by atoms with Crippen molar-refractivity contribution < 1.29 is 19.4 Å². The van der Waals surface area contributed by atoms with E-state index in [-0.39, 0.29) is 23.7 Å². The maximum absolute atomic E-state index is 12.9. The average Bonchev–Trinajstić information content (AvgIpc) is 3.30. The molecule has 1 saturated carbocycles. The molecular weight excluding hydrogens is 388 g/mol. The number of ether oxygens (including phenoxy) is 1. The Morgan fingerprint density at radius 3 is 2.59 bits per heavy atom. The first-order chi connectivity index (χ1) is 13.8. The molecule has 3 heterocycles. The van der Waals surface area contributed by atoms with Crippen molar-refractivity contribution in [3.8, 4) is 5.75 Å². The monoisotopic (exact) mass is 414 g/mol. The summed E-state index contributed by atoms with van der Waals surface area (Å²) >= 11 is 1.31. The van der Waals surface area contributed by atoms with Crippen LogP contribution in [0.1, 0.15) is 51.2 Å². The number of likely N-dealkylation sites (tertiary alicyclic amines) is 1. The van der Waals surface area contributed by atoms with E-state index in [9.17, 15) is 14.7 Å². The van der Waals surface area contributed by atoms with Gasteiger partial charge in [0, 0.05) is 24.2 Å². The molecule has 1 N–H and O–H groups in total. The van der Waals surface area contributed by atoms with Crippen molar-refractivity contribution in [1.29, 1.82) is 0 Å². The second-order valence-corrected chi connectivity index (χ2v) is 9.13. The highest BCUT2D eigenvalue weighted by molar-refractivity contribution is 7.12. The van der Waals surface area contributed by atoms with Crippen LogP contribution in [0.25, 0.3) is 0 Å². The molecule has 2 aliphatic rings. The fourth-order valence-corrected chi connectivity index (χ4v) is 5.24. The zero-order chi connectivity index (χ0) is 20.7. The molecule has 0 spiro atoms. The molecule has 4 atom stereocenters. The van der Waals surface area contributed by atoms with Crippen LogP contribution in [0.15, 0.2) is 23.6 Å². The zero-order valence-corrected chi connectivity index (χ0v) is 17.7.